The van der Waals surface area contributed by atoms with Crippen molar-refractivity contribution in [3.05, 3.63) is 78.1 Å². The van der Waals surface area contributed by atoms with Crippen molar-refractivity contribution < 1.29 is 9.53 Å². The van der Waals surface area contributed by atoms with Crippen LogP contribution in [0, 0.1) is 6.92 Å². The minimum Gasteiger partial charge on any atom is -0.378 e. The number of para-hydroxylation sites is 3. The number of ether oxygens (including phenoxy) is 1. The molecule has 29 heavy (non-hydrogen) atoms. The summed E-state index contributed by atoms with van der Waals surface area (Å²) in [4.78, 5) is 19.2. The Bertz CT molecular complexity index is 999. The van der Waals surface area contributed by atoms with E-state index in [1.807, 2.05) is 55.5 Å². The monoisotopic (exact) mass is 388 g/mol. The number of nitrogens with zero attached hydrogens (tertiary/aromatic N) is 2. The molecular formula is C23H24N4O2. The van der Waals surface area contributed by atoms with Crippen LogP contribution >= 0.6 is 0 Å². The van der Waals surface area contributed by atoms with Crippen LogP contribution in [0.1, 0.15) is 15.9 Å². The van der Waals surface area contributed by atoms with Gasteiger partial charge < -0.3 is 20.3 Å². The molecule has 3 aromatic rings. The Balaban J connectivity index is 1.53. The Hall–Kier alpha value is -3.38. The molecule has 2 aromatic carbocycles. The van der Waals surface area contributed by atoms with Crippen LogP contribution < -0.4 is 15.5 Å². The Morgan fingerprint density at radius 1 is 1.00 bits per heavy atom. The number of benzene rings is 2. The van der Waals surface area contributed by atoms with Gasteiger partial charge in [0.25, 0.3) is 5.91 Å². The Labute approximate surface area is 170 Å². The minimum absolute atomic E-state index is 0.183. The number of pyridine rings is 1. The number of amides is 1. The average molecular weight is 388 g/mol. The van der Waals surface area contributed by atoms with Crippen LogP contribution in [0.5, 0.6) is 0 Å². The Kier molecular flexibility index (Phi) is 5.72. The van der Waals surface area contributed by atoms with Gasteiger partial charge in [0.15, 0.2) is 0 Å². The standard InChI is InChI=1S/C23H24N4O2/c1-17-6-2-3-7-20(17)26-23(28)18-14-19(16-24-15-18)25-21-8-4-5-9-22(21)27-10-12-29-13-11-27/h2-9,14-16,25H,10-13H2,1H3,(H,26,28). The molecule has 0 saturated carbocycles. The van der Waals surface area contributed by atoms with Gasteiger partial charge in [-0.05, 0) is 36.8 Å². The Morgan fingerprint density at radius 3 is 2.52 bits per heavy atom. The number of morpholine rings is 1. The van der Waals surface area contributed by atoms with Crippen LogP contribution in [-0.4, -0.2) is 37.2 Å². The summed E-state index contributed by atoms with van der Waals surface area (Å²) >= 11 is 0. The zero-order valence-electron chi connectivity index (χ0n) is 16.4. The van der Waals surface area contributed by atoms with Crippen LogP contribution in [0.25, 0.3) is 0 Å². The number of hydrogen-bond acceptors (Lipinski definition) is 5. The molecule has 4 rings (SSSR count). The first kappa shape index (κ1) is 19.0. The maximum Gasteiger partial charge on any atom is 0.257 e. The fraction of sp³-hybridized carbons (Fsp3) is 0.217. The largest absolute Gasteiger partial charge is 0.378 e. The van der Waals surface area contributed by atoms with Gasteiger partial charge >= 0.3 is 0 Å². The zero-order valence-corrected chi connectivity index (χ0v) is 16.4. The number of aromatic nitrogens is 1. The highest BCUT2D eigenvalue weighted by molar-refractivity contribution is 6.05. The minimum atomic E-state index is -0.183. The smallest absolute Gasteiger partial charge is 0.257 e. The third kappa shape index (κ3) is 4.55. The third-order valence-corrected chi connectivity index (χ3v) is 4.93. The van der Waals surface area contributed by atoms with Crippen LogP contribution in [0.2, 0.25) is 0 Å². The second-order valence-electron chi connectivity index (χ2n) is 6.97. The lowest BCUT2D eigenvalue weighted by atomic mass is 10.2. The van der Waals surface area contributed by atoms with Gasteiger partial charge in [0, 0.05) is 25.0 Å². The molecule has 6 heteroatoms. The lowest BCUT2D eigenvalue weighted by Crippen LogP contribution is -2.36. The highest BCUT2D eigenvalue weighted by Crippen LogP contribution is 2.29. The van der Waals surface area contributed by atoms with Crippen molar-refractivity contribution in [3.63, 3.8) is 0 Å². The van der Waals surface area contributed by atoms with Gasteiger partial charge in [0.2, 0.25) is 0 Å². The summed E-state index contributed by atoms with van der Waals surface area (Å²) in [7, 11) is 0. The second kappa shape index (κ2) is 8.75. The van der Waals surface area contributed by atoms with Crippen LogP contribution in [0.15, 0.2) is 67.0 Å². The molecule has 2 heterocycles. The van der Waals surface area contributed by atoms with Crippen LogP contribution in [0.3, 0.4) is 0 Å². The van der Waals surface area contributed by atoms with Gasteiger partial charge in [-0.25, -0.2) is 0 Å². The third-order valence-electron chi connectivity index (χ3n) is 4.93. The predicted octanol–water partition coefficient (Wildman–Crippen LogP) is 4.22. The number of carbonyl (C=O) groups is 1. The van der Waals surface area contributed by atoms with Crippen molar-refractivity contribution in [2.24, 2.45) is 0 Å². The van der Waals surface area contributed by atoms with Crippen molar-refractivity contribution in [2.75, 3.05) is 41.8 Å². The topological polar surface area (TPSA) is 66.5 Å². The molecule has 148 valence electrons. The molecule has 2 N–H and O–H groups in total. The fourth-order valence-electron chi connectivity index (χ4n) is 3.35. The number of rotatable bonds is 5. The molecule has 1 fully saturated rings. The van der Waals surface area contributed by atoms with E-state index in [1.54, 1.807) is 12.4 Å². The molecule has 0 unspecified atom stereocenters. The van der Waals surface area contributed by atoms with E-state index < -0.39 is 0 Å². The predicted molar refractivity (Wildman–Crippen MR) is 116 cm³/mol. The van der Waals surface area contributed by atoms with Gasteiger partial charge in [0.05, 0.1) is 42.0 Å². The Morgan fingerprint density at radius 2 is 1.72 bits per heavy atom. The van der Waals surface area contributed by atoms with Gasteiger partial charge in [0.1, 0.15) is 0 Å². The fourth-order valence-corrected chi connectivity index (χ4v) is 3.35. The lowest BCUT2D eigenvalue weighted by molar-refractivity contribution is 0.102. The SMILES string of the molecule is Cc1ccccc1NC(=O)c1cncc(Nc2ccccc2N2CCOCC2)c1. The first-order chi connectivity index (χ1) is 14.2. The van der Waals surface area contributed by atoms with Crippen molar-refractivity contribution in [1.82, 2.24) is 4.98 Å². The summed E-state index contributed by atoms with van der Waals surface area (Å²) in [6.45, 7) is 5.13. The average Bonchev–Trinajstić information content (AvgIpc) is 2.76. The highest BCUT2D eigenvalue weighted by atomic mass is 16.5. The summed E-state index contributed by atoms with van der Waals surface area (Å²) in [6.07, 6.45) is 3.30. The first-order valence-corrected chi connectivity index (χ1v) is 9.71. The second-order valence-corrected chi connectivity index (χ2v) is 6.97. The number of nitrogens with one attached hydrogen (secondary N) is 2. The van der Waals surface area contributed by atoms with Gasteiger partial charge in [-0.3, -0.25) is 9.78 Å². The molecule has 0 radical (unpaired) electrons. The summed E-state index contributed by atoms with van der Waals surface area (Å²) in [5.74, 6) is -0.183. The lowest BCUT2D eigenvalue weighted by Gasteiger charge is -2.30. The highest BCUT2D eigenvalue weighted by Gasteiger charge is 2.15. The normalized spacial score (nSPS) is 13.8. The van der Waals surface area contributed by atoms with Gasteiger partial charge in [-0.1, -0.05) is 30.3 Å². The number of anilines is 4. The summed E-state index contributed by atoms with van der Waals surface area (Å²) in [5.41, 5.74) is 5.18. The molecule has 0 aliphatic carbocycles. The molecule has 0 spiro atoms. The van der Waals surface area contributed by atoms with E-state index in [0.717, 1.165) is 54.6 Å². The molecule has 0 atom stereocenters. The molecule has 1 aliphatic rings. The molecular weight excluding hydrogens is 364 g/mol. The summed E-state index contributed by atoms with van der Waals surface area (Å²) < 4.78 is 5.46. The van der Waals surface area contributed by atoms with Crippen LogP contribution in [0.4, 0.5) is 22.7 Å². The van der Waals surface area contributed by atoms with E-state index in [-0.39, 0.29) is 5.91 Å². The molecule has 1 amide bonds. The van der Waals surface area contributed by atoms with Crippen LogP contribution in [-0.2, 0) is 4.74 Å². The molecule has 6 nitrogen and oxygen atoms in total. The number of aryl methyl sites for hydroxylation is 1. The van der Waals surface area contributed by atoms with E-state index in [2.05, 4.69) is 26.6 Å². The molecule has 1 saturated heterocycles. The first-order valence-electron chi connectivity index (χ1n) is 9.71. The number of carbonyl (C=O) groups excluding carboxylic acids is 1. The molecule has 0 bridgehead atoms. The zero-order chi connectivity index (χ0) is 20.1. The summed E-state index contributed by atoms with van der Waals surface area (Å²) in [5, 5.41) is 6.37. The van der Waals surface area contributed by atoms with E-state index in [4.69, 9.17) is 4.74 Å². The quantitative estimate of drug-likeness (QED) is 0.685. The van der Waals surface area contributed by atoms with E-state index in [1.165, 1.54) is 0 Å². The van der Waals surface area contributed by atoms with Crippen molar-refractivity contribution in [3.8, 4) is 0 Å². The maximum absolute atomic E-state index is 12.7. The van der Waals surface area contributed by atoms with Crippen molar-refractivity contribution in [2.45, 2.75) is 6.92 Å². The maximum atomic E-state index is 12.7. The number of hydrogen-bond donors (Lipinski definition) is 2. The van der Waals surface area contributed by atoms with Crippen molar-refractivity contribution in [1.29, 1.82) is 0 Å². The van der Waals surface area contributed by atoms with Crippen molar-refractivity contribution >= 4 is 28.7 Å². The molecule has 1 aliphatic heterocycles. The van der Waals surface area contributed by atoms with Gasteiger partial charge in [-0.15, -0.1) is 0 Å². The van der Waals surface area contributed by atoms with E-state index >= 15 is 0 Å². The molecule has 1 aromatic heterocycles. The summed E-state index contributed by atoms with van der Waals surface area (Å²) in [6, 6.07) is 17.7. The van der Waals surface area contributed by atoms with E-state index in [9.17, 15) is 4.79 Å². The van der Waals surface area contributed by atoms with E-state index in [0.29, 0.717) is 5.56 Å². The van der Waals surface area contributed by atoms with Gasteiger partial charge in [-0.2, -0.15) is 0 Å².